The summed E-state index contributed by atoms with van der Waals surface area (Å²) in [5.41, 5.74) is 3.01. The van der Waals surface area contributed by atoms with Crippen LogP contribution in [0.25, 0.3) is 0 Å². The van der Waals surface area contributed by atoms with E-state index >= 15 is 0 Å². The van der Waals surface area contributed by atoms with Gasteiger partial charge in [0.1, 0.15) is 0 Å². The van der Waals surface area contributed by atoms with Crippen molar-refractivity contribution in [2.45, 2.75) is 32.0 Å². The van der Waals surface area contributed by atoms with Crippen molar-refractivity contribution in [3.05, 3.63) is 87.7 Å². The second-order valence-electron chi connectivity index (χ2n) is 7.09. The normalized spacial score (nSPS) is 15.9. The number of hydrogen-bond donors (Lipinski definition) is 1. The molecule has 0 fully saturated rings. The summed E-state index contributed by atoms with van der Waals surface area (Å²) in [6, 6.07) is 17.4. The summed E-state index contributed by atoms with van der Waals surface area (Å²) in [7, 11) is 0. The van der Waals surface area contributed by atoms with Crippen LogP contribution >= 0.6 is 11.6 Å². The third-order valence-corrected chi connectivity index (χ3v) is 7.36. The molecule has 0 radical (unpaired) electrons. The van der Waals surface area contributed by atoms with Crippen molar-refractivity contribution in [3.8, 4) is 0 Å². The Morgan fingerprint density at radius 2 is 1.62 bits per heavy atom. The summed E-state index contributed by atoms with van der Waals surface area (Å²) in [5.74, 6) is -1.54. The molecule has 1 N–H and O–H groups in total. The van der Waals surface area contributed by atoms with Crippen molar-refractivity contribution in [2.24, 2.45) is 0 Å². The van der Waals surface area contributed by atoms with E-state index in [0.717, 1.165) is 11.3 Å². The molecule has 1 aliphatic heterocycles. The van der Waals surface area contributed by atoms with Gasteiger partial charge in [-0.15, -0.1) is 0 Å². The van der Waals surface area contributed by atoms with Crippen molar-refractivity contribution >= 4 is 43.0 Å². The van der Waals surface area contributed by atoms with Crippen LogP contribution in [0.2, 0.25) is 10.3 Å². The molecule has 2 aromatic carbocycles. The third-order valence-electron chi connectivity index (χ3n) is 4.94. The molecule has 5 nitrogen and oxygen atoms in total. The predicted octanol–water partition coefficient (Wildman–Crippen LogP) is 4.13. The fraction of sp³-hybridized carbons (Fsp3) is 0.280. The Bertz CT molecular complexity index is 1050. The predicted molar refractivity (Wildman–Crippen MR) is 127 cm³/mol. The molecule has 0 amide bonds. The van der Waals surface area contributed by atoms with Crippen LogP contribution in [0.1, 0.15) is 32.3 Å². The fourth-order valence-electron chi connectivity index (χ4n) is 3.63. The second kappa shape index (κ2) is 11.4. The summed E-state index contributed by atoms with van der Waals surface area (Å²) in [5, 5.41) is 4.50. The van der Waals surface area contributed by atoms with Gasteiger partial charge in [-0.2, -0.15) is 0 Å². The third kappa shape index (κ3) is 5.63. The average molecular weight is 519 g/mol. The Balaban J connectivity index is 2.13. The Morgan fingerprint density at radius 3 is 2.25 bits per heavy atom. The first-order valence-electron chi connectivity index (χ1n) is 10.4. The van der Waals surface area contributed by atoms with Gasteiger partial charge in [0.15, 0.2) is 0 Å². The molecule has 0 bridgehead atoms. The van der Waals surface area contributed by atoms with Gasteiger partial charge in [-0.3, -0.25) is 0 Å². The summed E-state index contributed by atoms with van der Waals surface area (Å²) in [4.78, 5) is 26.2. The molecule has 3 rings (SSSR count). The van der Waals surface area contributed by atoms with E-state index in [1.54, 1.807) is 26.0 Å². The number of dihydropyridines is 1. The number of halogens is 1. The topological polar surface area (TPSA) is 64.6 Å². The van der Waals surface area contributed by atoms with Gasteiger partial charge in [0.2, 0.25) is 0 Å². The zero-order valence-electron chi connectivity index (χ0n) is 18.3. The van der Waals surface area contributed by atoms with Gasteiger partial charge >= 0.3 is 200 Å². The van der Waals surface area contributed by atoms with Gasteiger partial charge in [0, 0.05) is 0 Å². The van der Waals surface area contributed by atoms with Crippen LogP contribution in [0.15, 0.2) is 77.1 Å². The van der Waals surface area contributed by atoms with Gasteiger partial charge in [-0.05, 0) is 0 Å². The van der Waals surface area contributed by atoms with Crippen molar-refractivity contribution < 1.29 is 19.1 Å². The molecule has 7 heteroatoms. The number of hydrogen-bond acceptors (Lipinski definition) is 5. The number of carbonyl (C=O) groups is 2. The molecule has 1 heterocycles. The Kier molecular flexibility index (Phi) is 8.57. The summed E-state index contributed by atoms with van der Waals surface area (Å²) < 4.78 is 12.0. The Morgan fingerprint density at radius 1 is 0.969 bits per heavy atom. The quantitative estimate of drug-likeness (QED) is 0.420. The number of esters is 2. The SMILES string of the molecule is CCOC(=O)C1=C(C)NC(C[Se]c2ccccc2)=C(C(=O)OCC)C1c1cccc(Cl)c1. The number of rotatable bonds is 8. The minimum absolute atomic E-state index is 0.0852. The van der Waals surface area contributed by atoms with Gasteiger partial charge < -0.3 is 0 Å². The molecule has 2 aromatic rings. The summed E-state index contributed by atoms with van der Waals surface area (Å²) in [6.45, 7) is 5.83. The van der Waals surface area contributed by atoms with Gasteiger partial charge in [-0.25, -0.2) is 0 Å². The summed E-state index contributed by atoms with van der Waals surface area (Å²) in [6.07, 6.45) is 0. The van der Waals surface area contributed by atoms with Crippen molar-refractivity contribution in [3.63, 3.8) is 0 Å². The van der Waals surface area contributed by atoms with Crippen LogP contribution in [0.3, 0.4) is 0 Å². The minimum atomic E-state index is -0.630. The van der Waals surface area contributed by atoms with E-state index in [1.807, 2.05) is 37.3 Å². The van der Waals surface area contributed by atoms with Crippen LogP contribution in [0, 0.1) is 0 Å². The molecule has 0 aliphatic carbocycles. The van der Waals surface area contributed by atoms with E-state index in [4.69, 9.17) is 21.1 Å². The number of allylic oxidation sites excluding steroid dienone is 2. The summed E-state index contributed by atoms with van der Waals surface area (Å²) >= 11 is 6.36. The molecule has 0 spiro atoms. The Labute approximate surface area is 200 Å². The number of ether oxygens (including phenoxy) is 2. The van der Waals surface area contributed by atoms with Crippen LogP contribution in [0.4, 0.5) is 0 Å². The molecule has 0 saturated carbocycles. The van der Waals surface area contributed by atoms with Gasteiger partial charge in [-0.1, -0.05) is 0 Å². The Hall–Kier alpha value is -2.53. The van der Waals surface area contributed by atoms with Crippen LogP contribution in [-0.2, 0) is 19.1 Å². The second-order valence-corrected chi connectivity index (χ2v) is 9.72. The van der Waals surface area contributed by atoms with E-state index in [2.05, 4.69) is 17.4 Å². The number of benzene rings is 2. The first-order valence-corrected chi connectivity index (χ1v) is 12.9. The molecule has 32 heavy (non-hydrogen) atoms. The van der Waals surface area contributed by atoms with Crippen molar-refractivity contribution in [2.75, 3.05) is 13.2 Å². The van der Waals surface area contributed by atoms with Crippen LogP contribution < -0.4 is 9.78 Å². The van der Waals surface area contributed by atoms with Crippen molar-refractivity contribution in [1.29, 1.82) is 0 Å². The molecular weight excluding hydrogens is 493 g/mol. The maximum atomic E-state index is 13.2. The van der Waals surface area contributed by atoms with Gasteiger partial charge in [0.25, 0.3) is 0 Å². The van der Waals surface area contributed by atoms with Crippen LogP contribution in [-0.4, -0.2) is 40.1 Å². The maximum absolute atomic E-state index is 13.2. The van der Waals surface area contributed by atoms with E-state index < -0.39 is 17.9 Å². The van der Waals surface area contributed by atoms with E-state index in [9.17, 15) is 9.59 Å². The first kappa shape index (κ1) is 24.1. The molecule has 0 aromatic heterocycles. The fourth-order valence-corrected chi connectivity index (χ4v) is 5.69. The molecule has 1 unspecified atom stereocenters. The van der Waals surface area contributed by atoms with Crippen molar-refractivity contribution in [1.82, 2.24) is 5.32 Å². The first-order chi connectivity index (χ1) is 15.5. The van der Waals surface area contributed by atoms with Crippen LogP contribution in [0.5, 0.6) is 0 Å². The molecular formula is C25H26ClNO4Se. The number of carbonyl (C=O) groups excluding carboxylic acids is 2. The van der Waals surface area contributed by atoms with Gasteiger partial charge in [0.05, 0.1) is 0 Å². The average Bonchev–Trinajstić information content (AvgIpc) is 2.78. The molecule has 0 saturated heterocycles. The van der Waals surface area contributed by atoms with E-state index in [0.29, 0.717) is 27.2 Å². The molecule has 1 atom stereocenters. The number of nitrogens with one attached hydrogen (secondary N) is 1. The van der Waals surface area contributed by atoms with E-state index in [1.165, 1.54) is 4.46 Å². The zero-order valence-corrected chi connectivity index (χ0v) is 20.8. The van der Waals surface area contributed by atoms with E-state index in [-0.39, 0.29) is 28.2 Å². The monoisotopic (exact) mass is 519 g/mol. The molecule has 1 aliphatic rings. The zero-order chi connectivity index (χ0) is 23.1. The standard InChI is InChI=1S/C25H26ClNO4Se/c1-4-30-24(28)21-16(3)27-20(15-32-19-12-7-6-8-13-19)23(25(29)31-5-2)22(21)17-10-9-11-18(26)14-17/h6-14,22,27H,4-5,15H2,1-3H3. The molecule has 168 valence electrons.